The van der Waals surface area contributed by atoms with Crippen LogP contribution in [0.1, 0.15) is 25.3 Å². The molecule has 0 bridgehead atoms. The van der Waals surface area contributed by atoms with Gasteiger partial charge in [0.25, 0.3) is 0 Å². The van der Waals surface area contributed by atoms with Crippen LogP contribution in [0.5, 0.6) is 11.5 Å². The minimum Gasteiger partial charge on any atom is -0.493 e. The van der Waals surface area contributed by atoms with Gasteiger partial charge in [-0.1, -0.05) is 6.92 Å². The topological polar surface area (TPSA) is 76.2 Å². The molecule has 1 aromatic carbocycles. The van der Waals surface area contributed by atoms with Crippen LogP contribution in [-0.2, 0) is 14.8 Å². The molecule has 1 aliphatic heterocycles. The molecule has 0 unspecified atom stereocenters. The zero-order valence-corrected chi connectivity index (χ0v) is 16.1. The predicted octanol–water partition coefficient (Wildman–Crippen LogP) is 1.65. The van der Waals surface area contributed by atoms with Gasteiger partial charge >= 0.3 is 0 Å². The summed E-state index contributed by atoms with van der Waals surface area (Å²) < 4.78 is 37.9. The first-order chi connectivity index (χ1) is 11.8. The number of hydrogen-bond acceptors (Lipinski definition) is 5. The molecule has 1 amide bonds. The number of amides is 1. The molecule has 0 saturated carbocycles. The van der Waals surface area contributed by atoms with E-state index < -0.39 is 10.0 Å². The van der Waals surface area contributed by atoms with Gasteiger partial charge in [0.15, 0.2) is 11.5 Å². The van der Waals surface area contributed by atoms with Crippen LogP contribution in [0.15, 0.2) is 17.0 Å². The maximum atomic E-state index is 13.0. The van der Waals surface area contributed by atoms with Gasteiger partial charge in [-0.15, -0.1) is 0 Å². The van der Waals surface area contributed by atoms with Gasteiger partial charge in [-0.25, -0.2) is 8.42 Å². The Kier molecular flexibility index (Phi) is 6.29. The van der Waals surface area contributed by atoms with Crippen molar-refractivity contribution < 1.29 is 22.7 Å². The molecular weight excluding hydrogens is 344 g/mol. The number of carbonyl (C=O) groups is 1. The van der Waals surface area contributed by atoms with E-state index in [9.17, 15) is 13.2 Å². The van der Waals surface area contributed by atoms with Gasteiger partial charge in [0.05, 0.1) is 19.1 Å². The summed E-state index contributed by atoms with van der Waals surface area (Å²) >= 11 is 0. The molecule has 0 aromatic heterocycles. The third kappa shape index (κ3) is 4.07. The maximum absolute atomic E-state index is 13.0. The lowest BCUT2D eigenvalue weighted by molar-refractivity contribution is -0.132. The van der Waals surface area contributed by atoms with E-state index in [1.54, 1.807) is 17.9 Å². The summed E-state index contributed by atoms with van der Waals surface area (Å²) in [7, 11) is -0.666. The smallest absolute Gasteiger partial charge is 0.243 e. The zero-order valence-electron chi connectivity index (χ0n) is 15.2. The van der Waals surface area contributed by atoms with Gasteiger partial charge in [0.1, 0.15) is 0 Å². The van der Waals surface area contributed by atoms with E-state index in [1.807, 2.05) is 6.92 Å². The normalized spacial score (nSPS) is 15.9. The number of nitrogens with zero attached hydrogens (tertiary/aromatic N) is 2. The summed E-state index contributed by atoms with van der Waals surface area (Å²) in [5.74, 6) is 0.958. The number of piperazine rings is 1. The SMILES string of the molecule is CCCC(=O)N1CCN(S(=O)(=O)c2cc(OC)c(OC)cc2C)CC1. The van der Waals surface area contributed by atoms with Crippen LogP contribution in [0.25, 0.3) is 0 Å². The van der Waals surface area contributed by atoms with E-state index in [-0.39, 0.29) is 10.8 Å². The average molecular weight is 370 g/mol. The van der Waals surface area contributed by atoms with Crippen LogP contribution >= 0.6 is 0 Å². The third-order valence-corrected chi connectivity index (χ3v) is 6.39. The van der Waals surface area contributed by atoms with Gasteiger partial charge in [-0.2, -0.15) is 4.31 Å². The fraction of sp³-hybridized carbons (Fsp3) is 0.588. The number of rotatable bonds is 6. The van der Waals surface area contributed by atoms with E-state index in [2.05, 4.69) is 0 Å². The van der Waals surface area contributed by atoms with Crippen molar-refractivity contribution in [3.05, 3.63) is 17.7 Å². The van der Waals surface area contributed by atoms with Crippen LogP contribution in [0.2, 0.25) is 0 Å². The number of hydrogen-bond donors (Lipinski definition) is 0. The Morgan fingerprint density at radius 2 is 1.64 bits per heavy atom. The fourth-order valence-corrected chi connectivity index (χ4v) is 4.57. The lowest BCUT2D eigenvalue weighted by Gasteiger charge is -2.34. The minimum atomic E-state index is -3.65. The van der Waals surface area contributed by atoms with Crippen molar-refractivity contribution in [2.24, 2.45) is 0 Å². The summed E-state index contributed by atoms with van der Waals surface area (Å²) in [6.07, 6.45) is 1.30. The first kappa shape index (κ1) is 19.5. The van der Waals surface area contributed by atoms with Gasteiger partial charge in [-0.3, -0.25) is 4.79 Å². The maximum Gasteiger partial charge on any atom is 0.243 e. The second-order valence-electron chi connectivity index (χ2n) is 6.01. The molecule has 7 nitrogen and oxygen atoms in total. The summed E-state index contributed by atoms with van der Waals surface area (Å²) in [4.78, 5) is 13.9. The molecule has 1 saturated heterocycles. The number of methoxy groups -OCH3 is 2. The van der Waals surface area contributed by atoms with Crippen LogP contribution < -0.4 is 9.47 Å². The highest BCUT2D eigenvalue weighted by Gasteiger charge is 2.31. The molecule has 1 heterocycles. The van der Waals surface area contributed by atoms with E-state index in [0.29, 0.717) is 49.7 Å². The van der Waals surface area contributed by atoms with Crippen molar-refractivity contribution >= 4 is 15.9 Å². The molecule has 140 valence electrons. The van der Waals surface area contributed by atoms with E-state index in [0.717, 1.165) is 6.42 Å². The Hall–Kier alpha value is -1.80. The molecule has 0 atom stereocenters. The molecule has 0 N–H and O–H groups in total. The highest BCUT2D eigenvalue weighted by molar-refractivity contribution is 7.89. The van der Waals surface area contributed by atoms with Gasteiger partial charge in [0.2, 0.25) is 15.9 Å². The van der Waals surface area contributed by atoms with Crippen molar-refractivity contribution in [3.63, 3.8) is 0 Å². The second kappa shape index (κ2) is 8.05. The number of aryl methyl sites for hydroxylation is 1. The first-order valence-electron chi connectivity index (χ1n) is 8.35. The molecule has 1 aliphatic rings. The van der Waals surface area contributed by atoms with Crippen molar-refractivity contribution in [1.82, 2.24) is 9.21 Å². The largest absolute Gasteiger partial charge is 0.493 e. The fourth-order valence-electron chi connectivity index (χ4n) is 2.93. The Balaban J connectivity index is 2.22. The van der Waals surface area contributed by atoms with Crippen LogP contribution in [0, 0.1) is 6.92 Å². The number of sulfonamides is 1. The third-order valence-electron chi connectivity index (χ3n) is 4.35. The molecule has 0 spiro atoms. The quantitative estimate of drug-likeness (QED) is 0.761. The van der Waals surface area contributed by atoms with E-state index in [1.165, 1.54) is 24.6 Å². The predicted molar refractivity (Wildman–Crippen MR) is 94.5 cm³/mol. The van der Waals surface area contributed by atoms with Crippen molar-refractivity contribution in [2.45, 2.75) is 31.6 Å². The summed E-state index contributed by atoms with van der Waals surface area (Å²) in [5, 5.41) is 0. The molecule has 2 rings (SSSR count). The Morgan fingerprint density at radius 3 is 2.16 bits per heavy atom. The highest BCUT2D eigenvalue weighted by Crippen LogP contribution is 2.33. The molecular formula is C17H26N2O5S. The van der Waals surface area contributed by atoms with Gasteiger partial charge in [-0.05, 0) is 25.0 Å². The van der Waals surface area contributed by atoms with E-state index in [4.69, 9.17) is 9.47 Å². The highest BCUT2D eigenvalue weighted by atomic mass is 32.2. The molecule has 8 heteroatoms. The van der Waals surface area contributed by atoms with Crippen LogP contribution in [-0.4, -0.2) is 63.9 Å². The number of ether oxygens (including phenoxy) is 2. The van der Waals surface area contributed by atoms with Crippen molar-refractivity contribution in [3.8, 4) is 11.5 Å². The van der Waals surface area contributed by atoms with Crippen molar-refractivity contribution in [2.75, 3.05) is 40.4 Å². The molecule has 25 heavy (non-hydrogen) atoms. The molecule has 1 aromatic rings. The minimum absolute atomic E-state index is 0.0850. The zero-order chi connectivity index (χ0) is 18.6. The summed E-state index contributed by atoms with van der Waals surface area (Å²) in [6, 6.07) is 3.16. The summed E-state index contributed by atoms with van der Waals surface area (Å²) in [6.45, 7) is 5.13. The first-order valence-corrected chi connectivity index (χ1v) is 9.79. The number of benzene rings is 1. The lowest BCUT2D eigenvalue weighted by Crippen LogP contribution is -2.50. The monoisotopic (exact) mass is 370 g/mol. The average Bonchev–Trinajstić information content (AvgIpc) is 2.61. The van der Waals surface area contributed by atoms with Crippen molar-refractivity contribution in [1.29, 1.82) is 0 Å². The van der Waals surface area contributed by atoms with Crippen LogP contribution in [0.4, 0.5) is 0 Å². The van der Waals surface area contributed by atoms with Crippen LogP contribution in [0.3, 0.4) is 0 Å². The van der Waals surface area contributed by atoms with Gasteiger partial charge < -0.3 is 14.4 Å². The Labute approximate surface area is 149 Å². The van der Waals surface area contributed by atoms with Gasteiger partial charge in [0, 0.05) is 38.7 Å². The molecule has 1 fully saturated rings. The summed E-state index contributed by atoms with van der Waals surface area (Å²) in [5.41, 5.74) is 0.599. The second-order valence-corrected chi connectivity index (χ2v) is 7.91. The number of carbonyl (C=O) groups excluding carboxylic acids is 1. The standard InChI is InChI=1S/C17H26N2O5S/c1-5-6-17(20)18-7-9-19(10-8-18)25(21,22)16-12-15(24-4)14(23-3)11-13(16)2/h11-12H,5-10H2,1-4H3. The Bertz CT molecular complexity index is 725. The van der Waals surface area contributed by atoms with E-state index >= 15 is 0 Å². The lowest BCUT2D eigenvalue weighted by atomic mass is 10.2. The Morgan fingerprint density at radius 1 is 1.08 bits per heavy atom. The molecule has 0 aliphatic carbocycles. The molecule has 0 radical (unpaired) electrons.